The molecule has 1 fully saturated rings. The summed E-state index contributed by atoms with van der Waals surface area (Å²) in [5.41, 5.74) is 5.02. The normalized spacial score (nSPS) is 15.1. The number of piperazine rings is 1. The predicted octanol–water partition coefficient (Wildman–Crippen LogP) is 4.97. The van der Waals surface area contributed by atoms with Gasteiger partial charge in [-0.1, -0.05) is 12.1 Å². The zero-order chi connectivity index (χ0) is 25.8. The number of hydrogen-bond donors (Lipinski definition) is 0. The van der Waals surface area contributed by atoms with E-state index in [0.717, 1.165) is 59.3 Å². The van der Waals surface area contributed by atoms with E-state index in [1.165, 1.54) is 5.56 Å². The lowest BCUT2D eigenvalue weighted by atomic mass is 10.1. The molecule has 0 unspecified atom stereocenters. The lowest BCUT2D eigenvalue weighted by Gasteiger charge is -2.35. The summed E-state index contributed by atoms with van der Waals surface area (Å²) in [7, 11) is 0. The second-order valence-corrected chi connectivity index (χ2v) is 9.62. The molecule has 7 nitrogen and oxygen atoms in total. The van der Waals surface area contributed by atoms with Crippen LogP contribution in [0.1, 0.15) is 39.5 Å². The molecule has 2 heterocycles. The van der Waals surface area contributed by atoms with Crippen molar-refractivity contribution in [1.82, 2.24) is 9.80 Å². The first-order valence-electron chi connectivity index (χ1n) is 12.9. The van der Waals surface area contributed by atoms with Gasteiger partial charge in [0.05, 0.1) is 6.61 Å². The van der Waals surface area contributed by atoms with Gasteiger partial charge in [0.2, 0.25) is 6.79 Å². The minimum atomic E-state index is 0.0402. The van der Waals surface area contributed by atoms with Crippen LogP contribution in [0.3, 0.4) is 0 Å². The summed E-state index contributed by atoms with van der Waals surface area (Å²) in [4.78, 5) is 17.7. The van der Waals surface area contributed by atoms with Crippen molar-refractivity contribution in [3.8, 4) is 23.0 Å². The Morgan fingerprint density at radius 3 is 2.38 bits per heavy atom. The van der Waals surface area contributed by atoms with Gasteiger partial charge in [-0.2, -0.15) is 0 Å². The van der Waals surface area contributed by atoms with Crippen molar-refractivity contribution >= 4 is 5.91 Å². The SMILES string of the molecule is CCOc1ccc(C(=O)N2CCN(Cc3ccc4c(c3)OCO4)CC2)cc1COc1cc(C)cc(C)c1. The highest BCUT2D eigenvalue weighted by Gasteiger charge is 2.24. The van der Waals surface area contributed by atoms with Crippen LogP contribution in [0.15, 0.2) is 54.6 Å². The number of carbonyl (C=O) groups is 1. The molecular weight excluding hydrogens is 468 g/mol. The number of fused-ring (bicyclic) bond motifs is 1. The van der Waals surface area contributed by atoms with Crippen molar-refractivity contribution in [2.75, 3.05) is 39.6 Å². The van der Waals surface area contributed by atoms with Gasteiger partial charge in [-0.25, -0.2) is 0 Å². The van der Waals surface area contributed by atoms with E-state index in [-0.39, 0.29) is 12.7 Å². The van der Waals surface area contributed by atoms with Crippen LogP contribution in [-0.2, 0) is 13.2 Å². The first kappa shape index (κ1) is 25.0. The molecule has 194 valence electrons. The average Bonchev–Trinajstić information content (AvgIpc) is 3.36. The van der Waals surface area contributed by atoms with Crippen LogP contribution in [0.5, 0.6) is 23.0 Å². The van der Waals surface area contributed by atoms with Gasteiger partial charge in [-0.3, -0.25) is 9.69 Å². The Morgan fingerprint density at radius 1 is 0.865 bits per heavy atom. The summed E-state index contributed by atoms with van der Waals surface area (Å²) in [6.45, 7) is 11.1. The van der Waals surface area contributed by atoms with E-state index in [0.29, 0.717) is 31.9 Å². The van der Waals surface area contributed by atoms with Crippen LogP contribution in [0.2, 0.25) is 0 Å². The van der Waals surface area contributed by atoms with Gasteiger partial charge in [0.1, 0.15) is 18.1 Å². The summed E-state index contributed by atoms with van der Waals surface area (Å²) >= 11 is 0. The second kappa shape index (κ2) is 11.1. The number of rotatable bonds is 8. The Hall–Kier alpha value is -3.71. The number of nitrogens with zero attached hydrogens (tertiary/aromatic N) is 2. The minimum absolute atomic E-state index is 0.0402. The van der Waals surface area contributed by atoms with Gasteiger partial charge >= 0.3 is 0 Å². The molecule has 37 heavy (non-hydrogen) atoms. The highest BCUT2D eigenvalue weighted by Crippen LogP contribution is 2.33. The Labute approximate surface area is 218 Å². The molecule has 1 amide bonds. The molecule has 0 bridgehead atoms. The topological polar surface area (TPSA) is 60.5 Å². The van der Waals surface area contributed by atoms with E-state index in [1.54, 1.807) is 0 Å². The zero-order valence-corrected chi connectivity index (χ0v) is 21.8. The van der Waals surface area contributed by atoms with Gasteiger partial charge in [0.25, 0.3) is 5.91 Å². The van der Waals surface area contributed by atoms with Gasteiger partial charge in [-0.05, 0) is 79.9 Å². The Morgan fingerprint density at radius 2 is 1.62 bits per heavy atom. The van der Waals surface area contributed by atoms with E-state index in [4.69, 9.17) is 18.9 Å². The Kier molecular flexibility index (Phi) is 7.51. The average molecular weight is 503 g/mol. The summed E-state index contributed by atoms with van der Waals surface area (Å²) in [5, 5.41) is 0. The molecule has 5 rings (SSSR count). The first-order valence-corrected chi connectivity index (χ1v) is 12.9. The molecular formula is C30H34N2O5. The minimum Gasteiger partial charge on any atom is -0.493 e. The van der Waals surface area contributed by atoms with Crippen LogP contribution >= 0.6 is 0 Å². The predicted molar refractivity (Wildman–Crippen MR) is 142 cm³/mol. The number of hydrogen-bond acceptors (Lipinski definition) is 6. The van der Waals surface area contributed by atoms with Gasteiger partial charge in [-0.15, -0.1) is 0 Å². The standard InChI is InChI=1S/C30H34N2O5/c1-4-34-27-8-6-24(17-25(27)19-35-26-14-21(2)13-22(3)15-26)30(33)32-11-9-31(10-12-32)18-23-5-7-28-29(16-23)37-20-36-28/h5-8,13-17H,4,9-12,18-20H2,1-3H3. The van der Waals surface area contributed by atoms with Gasteiger partial charge in [0.15, 0.2) is 11.5 Å². The summed E-state index contributed by atoms with van der Waals surface area (Å²) in [6.07, 6.45) is 0. The van der Waals surface area contributed by atoms with Gasteiger partial charge < -0.3 is 23.8 Å². The highest BCUT2D eigenvalue weighted by atomic mass is 16.7. The molecule has 0 saturated carbocycles. The maximum atomic E-state index is 13.4. The van der Waals surface area contributed by atoms with Crippen LogP contribution in [0.25, 0.3) is 0 Å². The highest BCUT2D eigenvalue weighted by molar-refractivity contribution is 5.94. The van der Waals surface area contributed by atoms with Crippen molar-refractivity contribution in [2.45, 2.75) is 33.9 Å². The molecule has 0 spiro atoms. The molecule has 0 aliphatic carbocycles. The van der Waals surface area contributed by atoms with Crippen LogP contribution in [0.4, 0.5) is 0 Å². The zero-order valence-electron chi connectivity index (χ0n) is 21.8. The monoisotopic (exact) mass is 502 g/mol. The first-order chi connectivity index (χ1) is 18.0. The lowest BCUT2D eigenvalue weighted by Crippen LogP contribution is -2.48. The van der Waals surface area contributed by atoms with Crippen molar-refractivity contribution in [1.29, 1.82) is 0 Å². The number of ether oxygens (including phenoxy) is 4. The Bertz CT molecular complexity index is 1250. The van der Waals surface area contributed by atoms with E-state index in [2.05, 4.69) is 30.9 Å². The summed E-state index contributed by atoms with van der Waals surface area (Å²) in [5.74, 6) is 3.21. The molecule has 1 saturated heterocycles. The van der Waals surface area contributed by atoms with Crippen LogP contribution < -0.4 is 18.9 Å². The van der Waals surface area contributed by atoms with Crippen molar-refractivity contribution in [3.63, 3.8) is 0 Å². The number of benzene rings is 3. The summed E-state index contributed by atoms with van der Waals surface area (Å²) in [6, 6.07) is 17.9. The smallest absolute Gasteiger partial charge is 0.253 e. The number of amides is 1. The maximum absolute atomic E-state index is 13.4. The fourth-order valence-electron chi connectivity index (χ4n) is 4.89. The molecule has 2 aliphatic heterocycles. The molecule has 7 heteroatoms. The molecule has 0 aromatic heterocycles. The molecule has 0 atom stereocenters. The third-order valence-corrected chi connectivity index (χ3v) is 6.70. The van der Waals surface area contributed by atoms with Crippen LogP contribution in [-0.4, -0.2) is 55.3 Å². The molecule has 0 N–H and O–H groups in total. The lowest BCUT2D eigenvalue weighted by molar-refractivity contribution is 0.0628. The third kappa shape index (κ3) is 6.00. The van der Waals surface area contributed by atoms with E-state index >= 15 is 0 Å². The fourth-order valence-corrected chi connectivity index (χ4v) is 4.89. The Balaban J connectivity index is 1.21. The van der Waals surface area contributed by atoms with Crippen LogP contribution in [0, 0.1) is 13.8 Å². The molecule has 0 radical (unpaired) electrons. The quantitative estimate of drug-likeness (QED) is 0.434. The maximum Gasteiger partial charge on any atom is 0.253 e. The molecule has 3 aromatic carbocycles. The summed E-state index contributed by atoms with van der Waals surface area (Å²) < 4.78 is 22.8. The fraction of sp³-hybridized carbons (Fsp3) is 0.367. The number of carbonyl (C=O) groups excluding carboxylic acids is 1. The third-order valence-electron chi connectivity index (χ3n) is 6.70. The van der Waals surface area contributed by atoms with Gasteiger partial charge in [0, 0.05) is 43.9 Å². The van der Waals surface area contributed by atoms with Crippen molar-refractivity contribution in [2.24, 2.45) is 0 Å². The van der Waals surface area contributed by atoms with E-state index in [1.807, 2.05) is 54.3 Å². The molecule has 3 aromatic rings. The molecule has 2 aliphatic rings. The van der Waals surface area contributed by atoms with E-state index in [9.17, 15) is 4.79 Å². The van der Waals surface area contributed by atoms with E-state index < -0.39 is 0 Å². The van der Waals surface area contributed by atoms with Crippen molar-refractivity contribution in [3.05, 3.63) is 82.4 Å². The largest absolute Gasteiger partial charge is 0.493 e. The number of aryl methyl sites for hydroxylation is 2. The second-order valence-electron chi connectivity index (χ2n) is 9.62. The van der Waals surface area contributed by atoms with Crippen molar-refractivity contribution < 1.29 is 23.7 Å².